The molecule has 1 atom stereocenters. The SMILES string of the molecule is CNC(=O)C(CSCC=C(C)CCC=C(C)CCCC(C)C)NC(=O)CCC(N)=O. The maximum Gasteiger partial charge on any atom is 0.243 e. The summed E-state index contributed by atoms with van der Waals surface area (Å²) in [4.78, 5) is 34.6. The van der Waals surface area contributed by atoms with Crippen LogP contribution >= 0.6 is 11.8 Å². The molecule has 30 heavy (non-hydrogen) atoms. The Morgan fingerprint density at radius 2 is 1.67 bits per heavy atom. The maximum absolute atomic E-state index is 12.0. The van der Waals surface area contributed by atoms with Gasteiger partial charge in [0.1, 0.15) is 6.04 Å². The van der Waals surface area contributed by atoms with Crippen molar-refractivity contribution in [2.24, 2.45) is 11.7 Å². The molecular formula is C23H41N3O3S. The van der Waals surface area contributed by atoms with Gasteiger partial charge in [-0.15, -0.1) is 0 Å². The number of hydrogen-bond acceptors (Lipinski definition) is 4. The van der Waals surface area contributed by atoms with Crippen LogP contribution in [0, 0.1) is 5.92 Å². The van der Waals surface area contributed by atoms with E-state index in [0.717, 1.165) is 24.5 Å². The minimum Gasteiger partial charge on any atom is -0.370 e. The lowest BCUT2D eigenvalue weighted by Gasteiger charge is -2.16. The van der Waals surface area contributed by atoms with Gasteiger partial charge in [0, 0.05) is 31.4 Å². The van der Waals surface area contributed by atoms with Crippen LogP contribution in [0.3, 0.4) is 0 Å². The summed E-state index contributed by atoms with van der Waals surface area (Å²) in [7, 11) is 1.54. The lowest BCUT2D eigenvalue weighted by molar-refractivity contribution is -0.129. The molecule has 172 valence electrons. The summed E-state index contributed by atoms with van der Waals surface area (Å²) in [6, 6.07) is -0.620. The average molecular weight is 440 g/mol. The van der Waals surface area contributed by atoms with Gasteiger partial charge < -0.3 is 16.4 Å². The number of carbonyl (C=O) groups is 3. The summed E-state index contributed by atoms with van der Waals surface area (Å²) in [5.41, 5.74) is 7.85. The van der Waals surface area contributed by atoms with Crippen molar-refractivity contribution in [3.8, 4) is 0 Å². The smallest absolute Gasteiger partial charge is 0.243 e. The van der Waals surface area contributed by atoms with Crippen LogP contribution in [0.25, 0.3) is 0 Å². The summed E-state index contributed by atoms with van der Waals surface area (Å²) in [5, 5.41) is 5.24. The van der Waals surface area contributed by atoms with Crippen molar-refractivity contribution >= 4 is 29.5 Å². The molecule has 0 radical (unpaired) electrons. The van der Waals surface area contributed by atoms with E-state index < -0.39 is 11.9 Å². The fourth-order valence-corrected chi connectivity index (χ4v) is 3.80. The Morgan fingerprint density at radius 1 is 1.00 bits per heavy atom. The fraction of sp³-hybridized carbons (Fsp3) is 0.696. The molecule has 0 aromatic heterocycles. The number of thioether (sulfide) groups is 1. The number of primary amides is 1. The molecule has 0 aromatic rings. The Bertz CT molecular complexity index is 601. The van der Waals surface area contributed by atoms with Crippen molar-refractivity contribution in [1.82, 2.24) is 10.6 Å². The zero-order chi connectivity index (χ0) is 22.9. The van der Waals surface area contributed by atoms with Crippen molar-refractivity contribution in [3.05, 3.63) is 23.3 Å². The molecule has 0 saturated heterocycles. The number of hydrogen-bond donors (Lipinski definition) is 3. The first kappa shape index (κ1) is 28.2. The molecule has 0 fully saturated rings. The van der Waals surface area contributed by atoms with E-state index in [1.165, 1.54) is 37.5 Å². The van der Waals surface area contributed by atoms with Gasteiger partial charge in [0.15, 0.2) is 0 Å². The zero-order valence-corrected chi connectivity index (χ0v) is 20.2. The van der Waals surface area contributed by atoms with Crippen LogP contribution in [-0.2, 0) is 14.4 Å². The molecule has 0 saturated carbocycles. The van der Waals surface area contributed by atoms with Gasteiger partial charge in [-0.05, 0) is 45.4 Å². The fourth-order valence-electron chi connectivity index (χ4n) is 2.79. The van der Waals surface area contributed by atoms with Gasteiger partial charge in [0.2, 0.25) is 17.7 Å². The lowest BCUT2D eigenvalue weighted by atomic mass is 10.0. The maximum atomic E-state index is 12.0. The Morgan fingerprint density at radius 3 is 2.27 bits per heavy atom. The Labute approximate surface area is 186 Å². The Kier molecular flexibility index (Phi) is 16.0. The Hall–Kier alpha value is -1.76. The highest BCUT2D eigenvalue weighted by atomic mass is 32.2. The van der Waals surface area contributed by atoms with Crippen LogP contribution in [0.1, 0.15) is 72.6 Å². The van der Waals surface area contributed by atoms with Crippen molar-refractivity contribution in [1.29, 1.82) is 0 Å². The highest BCUT2D eigenvalue weighted by molar-refractivity contribution is 7.99. The highest BCUT2D eigenvalue weighted by Crippen LogP contribution is 2.14. The minimum atomic E-state index is -0.620. The number of allylic oxidation sites excluding steroid dienone is 3. The van der Waals surface area contributed by atoms with Crippen LogP contribution in [0.2, 0.25) is 0 Å². The van der Waals surface area contributed by atoms with Crippen LogP contribution < -0.4 is 16.4 Å². The van der Waals surface area contributed by atoms with Gasteiger partial charge in [0.05, 0.1) is 0 Å². The van der Waals surface area contributed by atoms with Crippen LogP contribution in [-0.4, -0.2) is 42.3 Å². The Balaban J connectivity index is 4.27. The second-order valence-corrected chi connectivity index (χ2v) is 9.24. The molecular weight excluding hydrogens is 398 g/mol. The van der Waals surface area contributed by atoms with E-state index in [2.05, 4.69) is 50.5 Å². The number of likely N-dealkylation sites (N-methyl/N-ethyl adjacent to an activating group) is 1. The van der Waals surface area contributed by atoms with Gasteiger partial charge in [-0.3, -0.25) is 14.4 Å². The second kappa shape index (κ2) is 17.0. The first-order valence-corrected chi connectivity index (χ1v) is 12.0. The largest absolute Gasteiger partial charge is 0.370 e. The van der Waals surface area contributed by atoms with Gasteiger partial charge in [-0.2, -0.15) is 11.8 Å². The van der Waals surface area contributed by atoms with Crippen molar-refractivity contribution in [2.75, 3.05) is 18.6 Å². The highest BCUT2D eigenvalue weighted by Gasteiger charge is 2.19. The van der Waals surface area contributed by atoms with Gasteiger partial charge in [-0.25, -0.2) is 0 Å². The molecule has 0 aromatic carbocycles. The molecule has 0 bridgehead atoms. The van der Waals surface area contributed by atoms with Gasteiger partial charge in [0.25, 0.3) is 0 Å². The minimum absolute atomic E-state index is 0.00307. The van der Waals surface area contributed by atoms with Crippen molar-refractivity contribution < 1.29 is 14.4 Å². The molecule has 0 aliphatic carbocycles. The number of nitrogens with one attached hydrogen (secondary N) is 2. The summed E-state index contributed by atoms with van der Waals surface area (Å²) in [6.45, 7) is 8.87. The summed E-state index contributed by atoms with van der Waals surface area (Å²) >= 11 is 1.59. The molecule has 7 heteroatoms. The van der Waals surface area contributed by atoms with E-state index in [0.29, 0.717) is 5.75 Å². The van der Waals surface area contributed by atoms with Crippen LogP contribution in [0.4, 0.5) is 0 Å². The molecule has 0 aliphatic rings. The van der Waals surface area contributed by atoms with E-state index in [4.69, 9.17) is 5.73 Å². The van der Waals surface area contributed by atoms with Crippen LogP contribution in [0.5, 0.6) is 0 Å². The first-order chi connectivity index (χ1) is 14.1. The lowest BCUT2D eigenvalue weighted by Crippen LogP contribution is -2.47. The van der Waals surface area contributed by atoms with E-state index in [1.807, 2.05) is 0 Å². The molecule has 0 heterocycles. The molecule has 4 N–H and O–H groups in total. The normalized spacial score (nSPS) is 13.3. The van der Waals surface area contributed by atoms with E-state index in [-0.39, 0.29) is 24.7 Å². The first-order valence-electron chi connectivity index (χ1n) is 10.8. The van der Waals surface area contributed by atoms with Crippen LogP contribution in [0.15, 0.2) is 23.3 Å². The van der Waals surface area contributed by atoms with Gasteiger partial charge in [-0.1, -0.05) is 43.6 Å². The summed E-state index contributed by atoms with van der Waals surface area (Å²) < 4.78 is 0. The van der Waals surface area contributed by atoms with E-state index in [9.17, 15) is 14.4 Å². The summed E-state index contributed by atoms with van der Waals surface area (Å²) in [5.74, 6) is 0.914. The average Bonchev–Trinajstić information content (AvgIpc) is 2.67. The zero-order valence-electron chi connectivity index (χ0n) is 19.4. The molecule has 3 amide bonds. The van der Waals surface area contributed by atoms with E-state index in [1.54, 1.807) is 11.8 Å². The summed E-state index contributed by atoms with van der Waals surface area (Å²) in [6.07, 6.45) is 10.3. The molecule has 1 unspecified atom stereocenters. The van der Waals surface area contributed by atoms with E-state index >= 15 is 0 Å². The standard InChI is InChI=1S/C23H41N3O3S/c1-17(2)8-6-9-18(3)10-7-11-19(4)14-15-30-16-20(23(29)25-5)26-22(28)13-12-21(24)27/h10,14,17,20H,6-9,11-13,15-16H2,1-5H3,(H2,24,27)(H,25,29)(H,26,28). The molecule has 6 nitrogen and oxygen atoms in total. The third-order valence-electron chi connectivity index (χ3n) is 4.71. The topological polar surface area (TPSA) is 101 Å². The number of rotatable bonds is 16. The van der Waals surface area contributed by atoms with Crippen molar-refractivity contribution in [3.63, 3.8) is 0 Å². The third-order valence-corrected chi connectivity index (χ3v) is 5.69. The second-order valence-electron chi connectivity index (χ2n) is 8.16. The predicted octanol–water partition coefficient (Wildman–Crippen LogP) is 3.72. The number of nitrogens with two attached hydrogens (primary N) is 1. The molecule has 0 aliphatic heterocycles. The third kappa shape index (κ3) is 16.1. The number of amides is 3. The predicted molar refractivity (Wildman–Crippen MR) is 127 cm³/mol. The quantitative estimate of drug-likeness (QED) is 0.252. The number of carbonyl (C=O) groups excluding carboxylic acids is 3. The molecule has 0 rings (SSSR count). The van der Waals surface area contributed by atoms with Gasteiger partial charge >= 0.3 is 0 Å². The monoisotopic (exact) mass is 439 g/mol. The van der Waals surface area contributed by atoms with Crippen molar-refractivity contribution in [2.45, 2.75) is 78.7 Å². The molecule has 0 spiro atoms.